The lowest BCUT2D eigenvalue weighted by Crippen LogP contribution is -2.47. The Labute approximate surface area is 189 Å². The Morgan fingerprint density at radius 2 is 2.03 bits per heavy atom. The fraction of sp³-hybridized carbons (Fsp3) is 0.400. The average molecular weight is 459 g/mol. The van der Waals surface area contributed by atoms with Crippen molar-refractivity contribution in [1.29, 1.82) is 0 Å². The SMILES string of the molecule is CCc1cnc(Nc2nc(Sc3cccc(N)c3)nc(N3CCN(CCO)CC3)n2)s1. The molecular weight excluding hydrogens is 432 g/mol. The number of β-amino-alcohol motifs (C(OH)–C–C–N with tert-alkyl or cyclic N) is 1. The van der Waals surface area contributed by atoms with Gasteiger partial charge >= 0.3 is 0 Å². The van der Waals surface area contributed by atoms with E-state index < -0.39 is 0 Å². The number of benzene rings is 1. The fourth-order valence-electron chi connectivity index (χ4n) is 3.21. The second kappa shape index (κ2) is 10.2. The Morgan fingerprint density at radius 1 is 1.19 bits per heavy atom. The number of aromatic nitrogens is 4. The fourth-order valence-corrected chi connectivity index (χ4v) is 4.77. The first-order valence-electron chi connectivity index (χ1n) is 10.2. The maximum Gasteiger partial charge on any atom is 0.234 e. The number of hydrogen-bond donors (Lipinski definition) is 3. The summed E-state index contributed by atoms with van der Waals surface area (Å²) in [4.78, 5) is 25.0. The molecule has 1 aliphatic heterocycles. The van der Waals surface area contributed by atoms with Crippen molar-refractivity contribution in [3.05, 3.63) is 35.3 Å². The van der Waals surface area contributed by atoms with E-state index >= 15 is 0 Å². The van der Waals surface area contributed by atoms with E-state index in [-0.39, 0.29) is 6.61 Å². The number of hydrogen-bond acceptors (Lipinski definition) is 11. The number of aliphatic hydroxyl groups excluding tert-OH is 1. The lowest BCUT2D eigenvalue weighted by Gasteiger charge is -2.34. The number of aliphatic hydroxyl groups is 1. The van der Waals surface area contributed by atoms with Gasteiger partial charge in [-0.05, 0) is 36.4 Å². The van der Waals surface area contributed by atoms with Crippen LogP contribution in [0.1, 0.15) is 11.8 Å². The summed E-state index contributed by atoms with van der Waals surface area (Å²) in [5.41, 5.74) is 6.63. The van der Waals surface area contributed by atoms with Gasteiger partial charge in [0, 0.05) is 54.4 Å². The molecule has 3 aromatic rings. The first-order chi connectivity index (χ1) is 15.1. The number of nitrogens with one attached hydrogen (secondary N) is 1. The molecule has 11 heteroatoms. The summed E-state index contributed by atoms with van der Waals surface area (Å²) in [6.07, 6.45) is 2.81. The first-order valence-corrected chi connectivity index (χ1v) is 11.9. The molecule has 0 atom stereocenters. The first kappa shape index (κ1) is 21.8. The molecule has 4 rings (SSSR count). The van der Waals surface area contributed by atoms with Crippen molar-refractivity contribution < 1.29 is 5.11 Å². The number of nitrogens with two attached hydrogens (primary N) is 1. The minimum absolute atomic E-state index is 0.175. The van der Waals surface area contributed by atoms with Crippen LogP contribution in [-0.2, 0) is 6.42 Å². The van der Waals surface area contributed by atoms with Crippen LogP contribution in [-0.4, -0.2) is 69.3 Å². The van der Waals surface area contributed by atoms with Gasteiger partial charge in [0.05, 0.1) is 6.61 Å². The van der Waals surface area contributed by atoms with Crippen LogP contribution in [0.3, 0.4) is 0 Å². The summed E-state index contributed by atoms with van der Waals surface area (Å²) >= 11 is 3.05. The number of nitrogen functional groups attached to an aromatic ring is 1. The van der Waals surface area contributed by atoms with Crippen molar-refractivity contribution in [3.8, 4) is 0 Å². The third kappa shape index (κ3) is 5.82. The Morgan fingerprint density at radius 3 is 2.74 bits per heavy atom. The normalized spacial score (nSPS) is 14.7. The highest BCUT2D eigenvalue weighted by Gasteiger charge is 2.21. The van der Waals surface area contributed by atoms with Crippen LogP contribution >= 0.6 is 23.1 Å². The van der Waals surface area contributed by atoms with Gasteiger partial charge in [-0.25, -0.2) is 4.98 Å². The van der Waals surface area contributed by atoms with Gasteiger partial charge < -0.3 is 15.7 Å². The summed E-state index contributed by atoms with van der Waals surface area (Å²) in [6, 6.07) is 7.67. The molecule has 164 valence electrons. The van der Waals surface area contributed by atoms with Gasteiger partial charge in [0.2, 0.25) is 11.9 Å². The smallest absolute Gasteiger partial charge is 0.234 e. The second-order valence-corrected chi connectivity index (χ2v) is 9.23. The highest BCUT2D eigenvalue weighted by Crippen LogP contribution is 2.29. The molecule has 0 spiro atoms. The van der Waals surface area contributed by atoms with Crippen LogP contribution in [0.25, 0.3) is 0 Å². The second-order valence-electron chi connectivity index (χ2n) is 7.08. The van der Waals surface area contributed by atoms with Crippen molar-refractivity contribution in [2.75, 3.05) is 55.3 Å². The minimum Gasteiger partial charge on any atom is -0.399 e. The van der Waals surface area contributed by atoms with E-state index in [4.69, 9.17) is 10.7 Å². The van der Waals surface area contributed by atoms with Crippen LogP contribution in [0, 0.1) is 0 Å². The molecule has 0 radical (unpaired) electrons. The molecule has 31 heavy (non-hydrogen) atoms. The van der Waals surface area contributed by atoms with Gasteiger partial charge in [0.1, 0.15) is 0 Å². The summed E-state index contributed by atoms with van der Waals surface area (Å²) < 4.78 is 0. The van der Waals surface area contributed by atoms with Crippen LogP contribution in [0.4, 0.5) is 22.7 Å². The summed E-state index contributed by atoms with van der Waals surface area (Å²) in [6.45, 7) is 6.28. The molecule has 2 aromatic heterocycles. The van der Waals surface area contributed by atoms with E-state index in [2.05, 4.69) is 37.0 Å². The van der Waals surface area contributed by atoms with E-state index in [0.717, 1.165) is 42.6 Å². The highest BCUT2D eigenvalue weighted by molar-refractivity contribution is 7.99. The van der Waals surface area contributed by atoms with Crippen LogP contribution in [0.2, 0.25) is 0 Å². The van der Waals surface area contributed by atoms with Crippen molar-refractivity contribution in [1.82, 2.24) is 24.8 Å². The van der Waals surface area contributed by atoms with Gasteiger partial charge in [-0.1, -0.05) is 13.0 Å². The Kier molecular flexibility index (Phi) is 7.17. The van der Waals surface area contributed by atoms with E-state index in [1.807, 2.05) is 30.5 Å². The Balaban J connectivity index is 1.58. The largest absolute Gasteiger partial charge is 0.399 e. The highest BCUT2D eigenvalue weighted by atomic mass is 32.2. The van der Waals surface area contributed by atoms with Gasteiger partial charge in [0.15, 0.2) is 10.3 Å². The Bertz CT molecular complexity index is 1010. The van der Waals surface area contributed by atoms with Crippen LogP contribution in [0.5, 0.6) is 0 Å². The standard InChI is InChI=1S/C20H26N8OS2/c1-2-15-13-22-19(30-15)24-17-23-18(28-8-6-27(7-9-28)10-11-29)26-20(25-17)31-16-5-3-4-14(21)12-16/h3-5,12-13,29H,2,6-11,21H2,1H3,(H,22,23,24,25,26). The molecule has 0 unspecified atom stereocenters. The third-order valence-corrected chi connectivity index (χ3v) is 6.77. The predicted molar refractivity (Wildman–Crippen MR) is 125 cm³/mol. The molecule has 3 heterocycles. The quantitative estimate of drug-likeness (QED) is 0.435. The molecule has 4 N–H and O–H groups in total. The Hall–Kier alpha value is -2.47. The molecule has 0 bridgehead atoms. The zero-order chi connectivity index (χ0) is 21.6. The van der Waals surface area contributed by atoms with Crippen LogP contribution in [0.15, 0.2) is 40.5 Å². The van der Waals surface area contributed by atoms with E-state index in [0.29, 0.717) is 29.3 Å². The topological polar surface area (TPSA) is 116 Å². The van der Waals surface area contributed by atoms with E-state index in [1.165, 1.54) is 16.6 Å². The average Bonchev–Trinajstić information content (AvgIpc) is 3.22. The molecular formula is C20H26N8OS2. The van der Waals surface area contributed by atoms with Crippen LogP contribution < -0.4 is 16.0 Å². The maximum absolute atomic E-state index is 9.18. The predicted octanol–water partition coefficient (Wildman–Crippen LogP) is 2.48. The molecule has 0 amide bonds. The molecule has 1 saturated heterocycles. The van der Waals surface area contributed by atoms with E-state index in [1.54, 1.807) is 11.3 Å². The summed E-state index contributed by atoms with van der Waals surface area (Å²) in [7, 11) is 0. The summed E-state index contributed by atoms with van der Waals surface area (Å²) in [5.74, 6) is 1.12. The molecule has 1 aliphatic rings. The van der Waals surface area contributed by atoms with Gasteiger partial charge in [0.25, 0.3) is 0 Å². The molecule has 1 aromatic carbocycles. The van der Waals surface area contributed by atoms with Crippen molar-refractivity contribution in [2.24, 2.45) is 0 Å². The van der Waals surface area contributed by atoms with E-state index in [9.17, 15) is 5.11 Å². The zero-order valence-electron chi connectivity index (χ0n) is 17.4. The molecule has 1 fully saturated rings. The van der Waals surface area contributed by atoms with Crippen molar-refractivity contribution in [3.63, 3.8) is 0 Å². The lowest BCUT2D eigenvalue weighted by atomic mass is 10.3. The minimum atomic E-state index is 0.175. The summed E-state index contributed by atoms with van der Waals surface area (Å²) in [5, 5.41) is 13.8. The zero-order valence-corrected chi connectivity index (χ0v) is 19.0. The van der Waals surface area contributed by atoms with Gasteiger partial charge in [-0.3, -0.25) is 10.2 Å². The number of aryl methyl sites for hydroxylation is 1. The molecule has 0 saturated carbocycles. The van der Waals surface area contributed by atoms with Crippen molar-refractivity contribution >= 4 is 45.8 Å². The maximum atomic E-state index is 9.18. The number of anilines is 4. The lowest BCUT2D eigenvalue weighted by molar-refractivity contribution is 0.188. The monoisotopic (exact) mass is 458 g/mol. The number of nitrogens with zero attached hydrogens (tertiary/aromatic N) is 6. The van der Waals surface area contributed by atoms with Gasteiger partial charge in [-0.15, -0.1) is 11.3 Å². The molecule has 0 aliphatic carbocycles. The molecule has 9 nitrogen and oxygen atoms in total. The van der Waals surface area contributed by atoms with Gasteiger partial charge in [-0.2, -0.15) is 15.0 Å². The number of rotatable bonds is 8. The van der Waals surface area contributed by atoms with Crippen molar-refractivity contribution in [2.45, 2.75) is 23.4 Å². The third-order valence-electron chi connectivity index (χ3n) is 4.86. The number of thiazole rings is 1. The number of piperazine rings is 1.